The van der Waals surface area contributed by atoms with Crippen LogP contribution >= 0.6 is 0 Å². The molecule has 1 aromatic rings. The van der Waals surface area contributed by atoms with Gasteiger partial charge < -0.3 is 0 Å². The normalized spacial score (nSPS) is 19.8. The summed E-state index contributed by atoms with van der Waals surface area (Å²) < 4.78 is 24.3. The van der Waals surface area contributed by atoms with Gasteiger partial charge in [0.25, 0.3) is 10.0 Å². The van der Waals surface area contributed by atoms with Crippen LogP contribution in [0.15, 0.2) is 40.3 Å². The van der Waals surface area contributed by atoms with E-state index in [9.17, 15) is 8.42 Å². The molecule has 5 heteroatoms. The minimum absolute atomic E-state index is 0.250. The first kappa shape index (κ1) is 17.0. The summed E-state index contributed by atoms with van der Waals surface area (Å²) >= 11 is 0. The number of nitrogens with one attached hydrogen (secondary N) is 1. The van der Waals surface area contributed by atoms with Crippen molar-refractivity contribution in [3.63, 3.8) is 0 Å². The van der Waals surface area contributed by atoms with Crippen LogP contribution in [0.2, 0.25) is 0 Å². The Kier molecular flexibility index (Phi) is 5.27. The molecule has 0 saturated heterocycles. The van der Waals surface area contributed by atoms with E-state index in [1.807, 2.05) is 0 Å². The van der Waals surface area contributed by atoms with Crippen LogP contribution in [-0.4, -0.2) is 14.1 Å². The van der Waals surface area contributed by atoms with E-state index in [0.717, 1.165) is 31.4 Å². The fraction of sp³-hybridized carbons (Fsp3) is 0.588. The minimum atomic E-state index is -3.54. The summed E-state index contributed by atoms with van der Waals surface area (Å²) in [4.78, 5) is 2.62. The summed E-state index contributed by atoms with van der Waals surface area (Å²) in [6.07, 6.45) is 5.11. The highest BCUT2D eigenvalue weighted by atomic mass is 32.2. The SMILES string of the molecule is CCC(C)(C)C1CCC(=NNS(=O)(=O)c2ccccc2)CC1. The molecule has 1 aromatic carbocycles. The number of hydrogen-bond donors (Lipinski definition) is 1. The highest BCUT2D eigenvalue weighted by molar-refractivity contribution is 7.89. The first-order valence-corrected chi connectivity index (χ1v) is 9.46. The molecule has 0 unspecified atom stereocenters. The van der Waals surface area contributed by atoms with E-state index in [4.69, 9.17) is 0 Å². The van der Waals surface area contributed by atoms with Gasteiger partial charge in [0.2, 0.25) is 0 Å². The Bertz CT molecular complexity index is 611. The second-order valence-electron chi connectivity index (χ2n) is 6.70. The van der Waals surface area contributed by atoms with Crippen molar-refractivity contribution in [3.05, 3.63) is 30.3 Å². The highest BCUT2D eigenvalue weighted by Crippen LogP contribution is 2.39. The summed E-state index contributed by atoms with van der Waals surface area (Å²) in [6, 6.07) is 8.35. The zero-order valence-corrected chi connectivity index (χ0v) is 14.5. The Morgan fingerprint density at radius 3 is 2.32 bits per heavy atom. The molecule has 2 rings (SSSR count). The fourth-order valence-electron chi connectivity index (χ4n) is 2.91. The first-order valence-electron chi connectivity index (χ1n) is 7.97. The van der Waals surface area contributed by atoms with Crippen LogP contribution in [0.3, 0.4) is 0 Å². The minimum Gasteiger partial charge on any atom is -0.200 e. The fourth-order valence-corrected chi connectivity index (χ4v) is 3.78. The van der Waals surface area contributed by atoms with Gasteiger partial charge >= 0.3 is 0 Å². The predicted octanol–water partition coefficient (Wildman–Crippen LogP) is 3.95. The van der Waals surface area contributed by atoms with Crippen LogP contribution in [0.4, 0.5) is 0 Å². The van der Waals surface area contributed by atoms with E-state index in [1.54, 1.807) is 30.3 Å². The van der Waals surface area contributed by atoms with E-state index in [1.165, 1.54) is 6.42 Å². The van der Waals surface area contributed by atoms with Crippen molar-refractivity contribution in [1.29, 1.82) is 0 Å². The zero-order chi connectivity index (χ0) is 16.2. The Morgan fingerprint density at radius 1 is 1.18 bits per heavy atom. The van der Waals surface area contributed by atoms with Crippen LogP contribution in [0.25, 0.3) is 0 Å². The maximum absolute atomic E-state index is 12.1. The third kappa shape index (κ3) is 4.09. The molecule has 1 aliphatic rings. The smallest absolute Gasteiger partial charge is 0.200 e. The van der Waals surface area contributed by atoms with Crippen molar-refractivity contribution in [2.75, 3.05) is 0 Å². The van der Waals surface area contributed by atoms with Crippen molar-refractivity contribution >= 4 is 15.7 Å². The zero-order valence-electron chi connectivity index (χ0n) is 13.7. The van der Waals surface area contributed by atoms with Crippen LogP contribution in [0, 0.1) is 11.3 Å². The molecule has 0 aliphatic heterocycles. The molecule has 22 heavy (non-hydrogen) atoms. The van der Waals surface area contributed by atoms with Gasteiger partial charge in [-0.05, 0) is 49.1 Å². The molecule has 0 atom stereocenters. The molecule has 1 N–H and O–H groups in total. The van der Waals surface area contributed by atoms with Gasteiger partial charge in [-0.3, -0.25) is 0 Å². The standard InChI is InChI=1S/C17H26N2O2S/c1-4-17(2,3)14-10-12-15(13-11-14)18-19-22(20,21)16-8-6-5-7-9-16/h5-9,14,19H,4,10-13H2,1-3H3. The molecule has 1 saturated carbocycles. The number of rotatable bonds is 5. The molecule has 4 nitrogen and oxygen atoms in total. The quantitative estimate of drug-likeness (QED) is 0.835. The predicted molar refractivity (Wildman–Crippen MR) is 90.2 cm³/mol. The molecule has 1 fully saturated rings. The lowest BCUT2D eigenvalue weighted by Crippen LogP contribution is -2.29. The van der Waals surface area contributed by atoms with E-state index < -0.39 is 10.0 Å². The molecule has 0 radical (unpaired) electrons. The second-order valence-corrected chi connectivity index (χ2v) is 8.36. The van der Waals surface area contributed by atoms with E-state index >= 15 is 0 Å². The summed E-state index contributed by atoms with van der Waals surface area (Å²) in [5.74, 6) is 0.696. The maximum Gasteiger partial charge on any atom is 0.276 e. The monoisotopic (exact) mass is 322 g/mol. The molecule has 122 valence electrons. The number of sulfonamides is 1. The Labute approximate surface area is 134 Å². The van der Waals surface area contributed by atoms with Gasteiger partial charge in [-0.15, -0.1) is 0 Å². The number of nitrogens with zero attached hydrogens (tertiary/aromatic N) is 1. The number of hydrogen-bond acceptors (Lipinski definition) is 3. The Morgan fingerprint density at radius 2 is 1.77 bits per heavy atom. The van der Waals surface area contributed by atoms with Crippen molar-refractivity contribution < 1.29 is 8.42 Å². The van der Waals surface area contributed by atoms with Crippen LogP contribution < -0.4 is 4.83 Å². The third-order valence-corrected chi connectivity index (χ3v) is 6.18. The largest absolute Gasteiger partial charge is 0.276 e. The van der Waals surface area contributed by atoms with Crippen LogP contribution in [0.5, 0.6) is 0 Å². The summed E-state index contributed by atoms with van der Waals surface area (Å²) in [5.41, 5.74) is 1.32. The lowest BCUT2D eigenvalue weighted by atomic mass is 9.69. The average Bonchev–Trinajstić information content (AvgIpc) is 2.54. The molecular formula is C17H26N2O2S. The van der Waals surface area contributed by atoms with Gasteiger partial charge in [0.1, 0.15) is 0 Å². The average molecular weight is 322 g/mol. The maximum atomic E-state index is 12.1. The second kappa shape index (κ2) is 6.82. The molecule has 0 bridgehead atoms. The molecule has 0 amide bonds. The van der Waals surface area contributed by atoms with Crippen molar-refractivity contribution in [3.8, 4) is 0 Å². The van der Waals surface area contributed by atoms with Gasteiger partial charge in [0.05, 0.1) is 4.90 Å². The topological polar surface area (TPSA) is 58.5 Å². The summed E-state index contributed by atoms with van der Waals surface area (Å²) in [6.45, 7) is 6.87. The lowest BCUT2D eigenvalue weighted by molar-refractivity contribution is 0.176. The first-order chi connectivity index (χ1) is 10.3. The van der Waals surface area contributed by atoms with Gasteiger partial charge in [-0.1, -0.05) is 45.4 Å². The van der Waals surface area contributed by atoms with Crippen LogP contribution in [-0.2, 0) is 10.0 Å². The summed E-state index contributed by atoms with van der Waals surface area (Å²) in [5, 5.41) is 4.15. The lowest BCUT2D eigenvalue weighted by Gasteiger charge is -2.36. The summed E-state index contributed by atoms with van der Waals surface area (Å²) in [7, 11) is -3.54. The van der Waals surface area contributed by atoms with Crippen LogP contribution in [0.1, 0.15) is 52.9 Å². The molecule has 0 spiro atoms. The number of benzene rings is 1. The van der Waals surface area contributed by atoms with Gasteiger partial charge in [0, 0.05) is 5.71 Å². The third-order valence-electron chi connectivity index (χ3n) is 4.96. The molecular weight excluding hydrogens is 296 g/mol. The molecule has 0 aromatic heterocycles. The van der Waals surface area contributed by atoms with Crippen molar-refractivity contribution in [2.24, 2.45) is 16.4 Å². The van der Waals surface area contributed by atoms with Gasteiger partial charge in [-0.2, -0.15) is 13.5 Å². The van der Waals surface area contributed by atoms with Gasteiger partial charge in [0.15, 0.2) is 0 Å². The van der Waals surface area contributed by atoms with Crippen molar-refractivity contribution in [1.82, 2.24) is 4.83 Å². The highest BCUT2D eigenvalue weighted by Gasteiger charge is 2.30. The number of hydrazone groups is 1. The molecule has 1 aliphatic carbocycles. The van der Waals surface area contributed by atoms with Crippen molar-refractivity contribution in [2.45, 2.75) is 57.8 Å². The molecule has 0 heterocycles. The van der Waals surface area contributed by atoms with Gasteiger partial charge in [-0.25, -0.2) is 4.83 Å². The Hall–Kier alpha value is -1.36. The van der Waals surface area contributed by atoms with E-state index in [2.05, 4.69) is 30.7 Å². The van der Waals surface area contributed by atoms with E-state index in [0.29, 0.717) is 11.3 Å². The Balaban J connectivity index is 1.96. The van der Waals surface area contributed by atoms with E-state index in [-0.39, 0.29) is 4.90 Å².